The fourth-order valence-electron chi connectivity index (χ4n) is 3.06. The van der Waals surface area contributed by atoms with E-state index in [4.69, 9.17) is 4.74 Å². The van der Waals surface area contributed by atoms with Gasteiger partial charge >= 0.3 is 12.4 Å². The van der Waals surface area contributed by atoms with E-state index < -0.39 is 30.1 Å². The zero-order valence-corrected chi connectivity index (χ0v) is 15.8. The third-order valence-corrected chi connectivity index (χ3v) is 4.51. The number of nitrogens with zero attached hydrogens (tertiary/aromatic N) is 1. The van der Waals surface area contributed by atoms with Crippen LogP contribution in [0.15, 0.2) is 60.9 Å². The van der Waals surface area contributed by atoms with E-state index in [1.54, 1.807) is 18.5 Å². The number of pyridine rings is 1. The maximum Gasteiger partial charge on any atom is 0.416 e. The smallest absolute Gasteiger partial charge is 0.372 e. The molecular weight excluding hydrogens is 408 g/mol. The van der Waals surface area contributed by atoms with Crippen molar-refractivity contribution < 1.29 is 31.1 Å². The summed E-state index contributed by atoms with van der Waals surface area (Å²) < 4.78 is 83.4. The molecule has 0 unspecified atom stereocenters. The zero-order valence-electron chi connectivity index (χ0n) is 15.8. The number of aryl methyl sites for hydroxylation is 1. The van der Waals surface area contributed by atoms with Crippen molar-refractivity contribution in [3.05, 3.63) is 88.7 Å². The van der Waals surface area contributed by atoms with Crippen molar-refractivity contribution in [2.45, 2.75) is 32.5 Å². The highest BCUT2D eigenvalue weighted by Crippen LogP contribution is 2.36. The Morgan fingerprint density at radius 3 is 2.03 bits per heavy atom. The molecule has 1 heterocycles. The molecule has 0 aliphatic carbocycles. The second kappa shape index (κ2) is 8.47. The van der Waals surface area contributed by atoms with E-state index in [0.717, 1.165) is 16.7 Å². The third kappa shape index (κ3) is 5.18. The average molecular weight is 425 g/mol. The second-order valence-electron chi connectivity index (χ2n) is 6.75. The van der Waals surface area contributed by atoms with Crippen LogP contribution in [-0.4, -0.2) is 4.98 Å². The van der Waals surface area contributed by atoms with Gasteiger partial charge in [-0.25, -0.2) is 0 Å². The van der Waals surface area contributed by atoms with Crippen LogP contribution in [0.5, 0.6) is 0 Å². The van der Waals surface area contributed by atoms with Crippen molar-refractivity contribution in [2.75, 3.05) is 0 Å². The molecule has 0 bridgehead atoms. The van der Waals surface area contributed by atoms with E-state index in [2.05, 4.69) is 4.98 Å². The monoisotopic (exact) mass is 425 g/mol. The van der Waals surface area contributed by atoms with Crippen LogP contribution in [0.3, 0.4) is 0 Å². The van der Waals surface area contributed by atoms with Crippen LogP contribution in [0.1, 0.15) is 27.8 Å². The molecule has 3 aromatic rings. The highest BCUT2D eigenvalue weighted by atomic mass is 19.4. The topological polar surface area (TPSA) is 22.1 Å². The molecule has 8 heteroatoms. The number of alkyl halides is 6. The summed E-state index contributed by atoms with van der Waals surface area (Å²) in [4.78, 5) is 4.04. The third-order valence-electron chi connectivity index (χ3n) is 4.51. The summed E-state index contributed by atoms with van der Waals surface area (Å²) >= 11 is 0. The second-order valence-corrected chi connectivity index (χ2v) is 6.75. The summed E-state index contributed by atoms with van der Waals surface area (Å²) in [6.45, 7) is 1.51. The number of hydrogen-bond acceptors (Lipinski definition) is 2. The molecule has 2 aromatic carbocycles. The highest BCUT2D eigenvalue weighted by molar-refractivity contribution is 5.69. The molecule has 0 saturated heterocycles. The maximum atomic E-state index is 13.0. The van der Waals surface area contributed by atoms with E-state index in [-0.39, 0.29) is 18.2 Å². The van der Waals surface area contributed by atoms with Crippen molar-refractivity contribution in [3.8, 4) is 11.1 Å². The predicted molar refractivity (Wildman–Crippen MR) is 99.3 cm³/mol. The van der Waals surface area contributed by atoms with Gasteiger partial charge in [0.25, 0.3) is 0 Å². The summed E-state index contributed by atoms with van der Waals surface area (Å²) in [6.07, 6.45) is -6.61. The Morgan fingerprint density at radius 2 is 1.43 bits per heavy atom. The molecule has 0 saturated carbocycles. The van der Waals surface area contributed by atoms with Crippen LogP contribution >= 0.6 is 0 Å². The van der Waals surface area contributed by atoms with Crippen LogP contribution in [-0.2, 0) is 30.3 Å². The Labute approximate surface area is 169 Å². The molecule has 0 amide bonds. The van der Waals surface area contributed by atoms with Gasteiger partial charge in [0.15, 0.2) is 0 Å². The van der Waals surface area contributed by atoms with E-state index in [1.165, 1.54) is 0 Å². The summed E-state index contributed by atoms with van der Waals surface area (Å²) in [5.41, 5.74) is 0.529. The van der Waals surface area contributed by atoms with Gasteiger partial charge in [-0.1, -0.05) is 24.3 Å². The minimum Gasteiger partial charge on any atom is -0.372 e. The lowest BCUT2D eigenvalue weighted by Gasteiger charge is -2.15. The number of benzene rings is 2. The molecule has 0 aliphatic rings. The summed E-state index contributed by atoms with van der Waals surface area (Å²) in [5.74, 6) is 0. The minimum absolute atomic E-state index is 0.0187. The molecule has 2 nitrogen and oxygen atoms in total. The Morgan fingerprint density at radius 1 is 0.800 bits per heavy atom. The zero-order chi connectivity index (χ0) is 21.9. The first-order valence-corrected chi connectivity index (χ1v) is 8.90. The Bertz CT molecular complexity index is 994. The average Bonchev–Trinajstić information content (AvgIpc) is 2.67. The van der Waals surface area contributed by atoms with Crippen molar-refractivity contribution in [1.82, 2.24) is 4.98 Å². The minimum atomic E-state index is -4.89. The van der Waals surface area contributed by atoms with Crippen LogP contribution in [0.2, 0.25) is 0 Å². The van der Waals surface area contributed by atoms with Crippen molar-refractivity contribution in [2.24, 2.45) is 0 Å². The molecule has 30 heavy (non-hydrogen) atoms. The van der Waals surface area contributed by atoms with Gasteiger partial charge in [0.05, 0.1) is 24.3 Å². The quantitative estimate of drug-likeness (QED) is 0.419. The first-order valence-electron chi connectivity index (χ1n) is 8.90. The Balaban J connectivity index is 1.82. The lowest BCUT2D eigenvalue weighted by Crippen LogP contribution is -2.12. The molecule has 0 fully saturated rings. The Hall–Kier alpha value is -2.87. The SMILES string of the molecule is Cc1ccccc1-c1ccncc1COCc1cc(C(F)(F)F)cc(C(F)(F)F)c1. The molecule has 0 spiro atoms. The van der Waals surface area contributed by atoms with Gasteiger partial charge in [-0.05, 0) is 53.4 Å². The Kier molecular flexibility index (Phi) is 6.17. The fraction of sp³-hybridized carbons (Fsp3) is 0.227. The van der Waals surface area contributed by atoms with Crippen LogP contribution in [0, 0.1) is 6.92 Å². The van der Waals surface area contributed by atoms with Gasteiger partial charge in [0.2, 0.25) is 0 Å². The molecule has 0 atom stereocenters. The maximum absolute atomic E-state index is 13.0. The molecular formula is C22H17F6NO. The van der Waals surface area contributed by atoms with E-state index in [9.17, 15) is 26.3 Å². The van der Waals surface area contributed by atoms with E-state index >= 15 is 0 Å². The molecule has 158 valence electrons. The molecule has 1 aromatic heterocycles. The summed E-state index contributed by atoms with van der Waals surface area (Å²) in [7, 11) is 0. The highest BCUT2D eigenvalue weighted by Gasteiger charge is 2.36. The van der Waals surface area contributed by atoms with Gasteiger partial charge in [-0.2, -0.15) is 26.3 Å². The lowest BCUT2D eigenvalue weighted by molar-refractivity contribution is -0.143. The first kappa shape index (κ1) is 21.8. The normalized spacial score (nSPS) is 12.2. The summed E-state index contributed by atoms with van der Waals surface area (Å²) in [6, 6.07) is 10.8. The van der Waals surface area contributed by atoms with Gasteiger partial charge in [-0.15, -0.1) is 0 Å². The fourth-order valence-corrected chi connectivity index (χ4v) is 3.06. The van der Waals surface area contributed by atoms with Gasteiger partial charge in [-0.3, -0.25) is 4.98 Å². The standard InChI is InChI=1S/C22H17F6NO/c1-14-4-2-3-5-19(14)20-6-7-29-11-16(20)13-30-12-15-8-17(21(23,24)25)10-18(9-15)22(26,27)28/h2-11H,12-13H2,1H3. The van der Waals surface area contributed by atoms with Crippen LogP contribution in [0.4, 0.5) is 26.3 Å². The van der Waals surface area contributed by atoms with Gasteiger partial charge in [0.1, 0.15) is 0 Å². The number of aromatic nitrogens is 1. The predicted octanol–water partition coefficient (Wildman–Crippen LogP) is 6.81. The van der Waals surface area contributed by atoms with Crippen molar-refractivity contribution in [1.29, 1.82) is 0 Å². The lowest BCUT2D eigenvalue weighted by atomic mass is 9.98. The first-order chi connectivity index (χ1) is 14.1. The summed E-state index contributed by atoms with van der Waals surface area (Å²) in [5, 5.41) is 0. The van der Waals surface area contributed by atoms with Crippen molar-refractivity contribution >= 4 is 0 Å². The number of rotatable bonds is 5. The van der Waals surface area contributed by atoms with Gasteiger partial charge in [0, 0.05) is 18.0 Å². The molecule has 0 N–H and O–H groups in total. The number of hydrogen-bond donors (Lipinski definition) is 0. The molecule has 0 radical (unpaired) electrons. The number of halogens is 6. The van der Waals surface area contributed by atoms with Crippen LogP contribution in [0.25, 0.3) is 11.1 Å². The molecule has 3 rings (SSSR count). The van der Waals surface area contributed by atoms with E-state index in [0.29, 0.717) is 17.7 Å². The number of ether oxygens (including phenoxy) is 1. The van der Waals surface area contributed by atoms with Crippen molar-refractivity contribution in [3.63, 3.8) is 0 Å². The van der Waals surface area contributed by atoms with E-state index in [1.807, 2.05) is 31.2 Å². The largest absolute Gasteiger partial charge is 0.416 e. The van der Waals surface area contributed by atoms with Gasteiger partial charge < -0.3 is 4.74 Å². The van der Waals surface area contributed by atoms with Crippen LogP contribution < -0.4 is 0 Å². The molecule has 0 aliphatic heterocycles.